The van der Waals surface area contributed by atoms with Crippen LogP contribution >= 0.6 is 0 Å². The third-order valence-electron chi connectivity index (χ3n) is 8.93. The van der Waals surface area contributed by atoms with Crippen molar-refractivity contribution in [3.05, 3.63) is 176 Å². The van der Waals surface area contributed by atoms with Crippen molar-refractivity contribution < 1.29 is 4.42 Å². The molecule has 4 nitrogen and oxygen atoms in total. The molecule has 2 heterocycles. The Kier molecular flexibility index (Phi) is 7.10. The summed E-state index contributed by atoms with van der Waals surface area (Å²) in [5, 5.41) is 2.22. The maximum atomic E-state index is 6.60. The Morgan fingerprint density at radius 3 is 1.41 bits per heavy atom. The van der Waals surface area contributed by atoms with Crippen LogP contribution in [0.3, 0.4) is 0 Å². The molecule has 0 bridgehead atoms. The first kappa shape index (κ1) is 28.6. The number of nitrogens with zero attached hydrogens (tertiary/aromatic N) is 3. The first-order valence-electron chi connectivity index (χ1n) is 16.4. The Morgan fingerprint density at radius 2 is 0.776 bits per heavy atom. The zero-order valence-electron chi connectivity index (χ0n) is 26.5. The predicted octanol–water partition coefficient (Wildman–Crippen LogP) is 11.8. The highest BCUT2D eigenvalue weighted by Crippen LogP contribution is 2.38. The molecular formula is C45H29N3O. The van der Waals surface area contributed by atoms with Crippen LogP contribution in [0.25, 0.3) is 89.5 Å². The van der Waals surface area contributed by atoms with Crippen LogP contribution < -0.4 is 0 Å². The molecule has 4 heteroatoms. The average molecular weight is 628 g/mol. The molecule has 9 aromatic rings. The van der Waals surface area contributed by atoms with Gasteiger partial charge in [0, 0.05) is 33.0 Å². The van der Waals surface area contributed by atoms with E-state index in [0.29, 0.717) is 17.5 Å². The minimum atomic E-state index is 0.632. The molecule has 0 saturated carbocycles. The van der Waals surface area contributed by atoms with E-state index >= 15 is 0 Å². The molecule has 230 valence electrons. The molecule has 0 aliphatic heterocycles. The summed E-state index contributed by atoms with van der Waals surface area (Å²) in [7, 11) is 0. The van der Waals surface area contributed by atoms with Gasteiger partial charge in [-0.3, -0.25) is 0 Å². The number of fused-ring (bicyclic) bond motifs is 3. The Hall–Kier alpha value is -6.65. The molecule has 0 spiro atoms. The standard InChI is InChI=1S/C45H29N3O/c1-4-13-30(14-5-1)35-25-26-39-40-24-12-23-38(42(40)49-41(39)29-35)36-21-10-19-33(27-36)34-20-11-22-37(28-34)45-47-43(31-15-6-2-7-16-31)46-44(48-45)32-17-8-3-9-18-32/h1-29H. The summed E-state index contributed by atoms with van der Waals surface area (Å²) in [6.45, 7) is 0. The summed E-state index contributed by atoms with van der Waals surface area (Å²) in [5.74, 6) is 1.92. The van der Waals surface area contributed by atoms with E-state index in [0.717, 1.165) is 66.4 Å². The summed E-state index contributed by atoms with van der Waals surface area (Å²) in [6, 6.07) is 60.5. The van der Waals surface area contributed by atoms with Crippen molar-refractivity contribution in [2.75, 3.05) is 0 Å². The molecule has 0 radical (unpaired) electrons. The van der Waals surface area contributed by atoms with Gasteiger partial charge in [-0.05, 0) is 52.1 Å². The number of aromatic nitrogens is 3. The molecule has 0 aliphatic carbocycles. The smallest absolute Gasteiger partial charge is 0.164 e. The predicted molar refractivity (Wildman–Crippen MR) is 200 cm³/mol. The molecular weight excluding hydrogens is 599 g/mol. The second-order valence-electron chi connectivity index (χ2n) is 12.1. The van der Waals surface area contributed by atoms with Gasteiger partial charge >= 0.3 is 0 Å². The van der Waals surface area contributed by atoms with Crippen LogP contribution in [-0.2, 0) is 0 Å². The third kappa shape index (κ3) is 5.45. The van der Waals surface area contributed by atoms with Crippen molar-refractivity contribution >= 4 is 21.9 Å². The van der Waals surface area contributed by atoms with E-state index in [1.54, 1.807) is 0 Å². The molecule has 0 amide bonds. The highest BCUT2D eigenvalue weighted by atomic mass is 16.3. The van der Waals surface area contributed by atoms with Gasteiger partial charge in [0.05, 0.1) is 0 Å². The minimum Gasteiger partial charge on any atom is -0.455 e. The first-order valence-corrected chi connectivity index (χ1v) is 16.4. The van der Waals surface area contributed by atoms with E-state index in [9.17, 15) is 0 Å². The monoisotopic (exact) mass is 627 g/mol. The van der Waals surface area contributed by atoms with Crippen LogP contribution in [0, 0.1) is 0 Å². The lowest BCUT2D eigenvalue weighted by Crippen LogP contribution is -2.00. The van der Waals surface area contributed by atoms with E-state index in [1.807, 2.05) is 66.7 Å². The fourth-order valence-electron chi connectivity index (χ4n) is 6.48. The highest BCUT2D eigenvalue weighted by Gasteiger charge is 2.15. The van der Waals surface area contributed by atoms with Crippen molar-refractivity contribution in [2.24, 2.45) is 0 Å². The van der Waals surface area contributed by atoms with Crippen LogP contribution in [0.2, 0.25) is 0 Å². The molecule has 0 saturated heterocycles. The Bertz CT molecular complexity index is 2540. The van der Waals surface area contributed by atoms with E-state index in [4.69, 9.17) is 19.4 Å². The molecule has 0 unspecified atom stereocenters. The fraction of sp³-hybridized carbons (Fsp3) is 0. The summed E-state index contributed by atoms with van der Waals surface area (Å²) in [4.78, 5) is 14.7. The largest absolute Gasteiger partial charge is 0.455 e. The van der Waals surface area contributed by atoms with E-state index in [2.05, 4.69) is 109 Å². The van der Waals surface area contributed by atoms with E-state index in [1.165, 1.54) is 5.56 Å². The second-order valence-corrected chi connectivity index (χ2v) is 12.1. The van der Waals surface area contributed by atoms with Crippen LogP contribution in [-0.4, -0.2) is 15.0 Å². The summed E-state index contributed by atoms with van der Waals surface area (Å²) in [5.41, 5.74) is 11.2. The molecule has 2 aromatic heterocycles. The molecule has 0 atom stereocenters. The number of para-hydroxylation sites is 1. The normalized spacial score (nSPS) is 11.3. The van der Waals surface area contributed by atoms with Crippen LogP contribution in [0.4, 0.5) is 0 Å². The topological polar surface area (TPSA) is 51.8 Å². The van der Waals surface area contributed by atoms with Crippen molar-refractivity contribution in [1.82, 2.24) is 15.0 Å². The van der Waals surface area contributed by atoms with Gasteiger partial charge in [0.25, 0.3) is 0 Å². The van der Waals surface area contributed by atoms with Crippen molar-refractivity contribution in [3.8, 4) is 67.5 Å². The zero-order valence-corrected chi connectivity index (χ0v) is 26.5. The second kappa shape index (κ2) is 12.2. The van der Waals surface area contributed by atoms with Crippen LogP contribution in [0.15, 0.2) is 180 Å². The minimum absolute atomic E-state index is 0.632. The number of hydrogen-bond acceptors (Lipinski definition) is 4. The zero-order chi connectivity index (χ0) is 32.6. The average Bonchev–Trinajstić information content (AvgIpc) is 3.57. The number of benzene rings is 7. The summed E-state index contributed by atoms with van der Waals surface area (Å²) < 4.78 is 6.60. The van der Waals surface area contributed by atoms with Crippen molar-refractivity contribution in [2.45, 2.75) is 0 Å². The lowest BCUT2D eigenvalue weighted by Gasteiger charge is -2.10. The lowest BCUT2D eigenvalue weighted by molar-refractivity contribution is 0.670. The lowest BCUT2D eigenvalue weighted by atomic mass is 9.96. The number of hydrogen-bond donors (Lipinski definition) is 0. The van der Waals surface area contributed by atoms with Gasteiger partial charge < -0.3 is 4.42 Å². The van der Waals surface area contributed by atoms with Gasteiger partial charge in [0.15, 0.2) is 17.5 Å². The molecule has 0 aliphatic rings. The summed E-state index contributed by atoms with van der Waals surface area (Å²) in [6.07, 6.45) is 0. The van der Waals surface area contributed by atoms with Crippen molar-refractivity contribution in [1.29, 1.82) is 0 Å². The SMILES string of the molecule is c1ccc(-c2ccc3c(c2)oc2c(-c4cccc(-c5cccc(-c6nc(-c7ccccc7)nc(-c7ccccc7)n6)c5)c4)cccc23)cc1. The van der Waals surface area contributed by atoms with Crippen LogP contribution in [0.5, 0.6) is 0 Å². The van der Waals surface area contributed by atoms with Gasteiger partial charge in [0.2, 0.25) is 0 Å². The van der Waals surface area contributed by atoms with Gasteiger partial charge in [-0.2, -0.15) is 0 Å². The Labute approximate surface area is 284 Å². The Morgan fingerprint density at radius 1 is 0.306 bits per heavy atom. The quantitative estimate of drug-likeness (QED) is 0.184. The molecule has 0 fully saturated rings. The van der Waals surface area contributed by atoms with Gasteiger partial charge in [-0.25, -0.2) is 15.0 Å². The fourth-order valence-corrected chi connectivity index (χ4v) is 6.48. The van der Waals surface area contributed by atoms with Crippen LogP contribution in [0.1, 0.15) is 0 Å². The van der Waals surface area contributed by atoms with Crippen molar-refractivity contribution in [3.63, 3.8) is 0 Å². The maximum Gasteiger partial charge on any atom is 0.164 e. The maximum absolute atomic E-state index is 6.60. The van der Waals surface area contributed by atoms with E-state index < -0.39 is 0 Å². The number of rotatable bonds is 6. The first-order chi connectivity index (χ1) is 24.3. The van der Waals surface area contributed by atoms with Gasteiger partial charge in [0.1, 0.15) is 11.2 Å². The molecule has 0 N–H and O–H groups in total. The highest BCUT2D eigenvalue weighted by molar-refractivity contribution is 6.10. The molecule has 7 aromatic carbocycles. The van der Waals surface area contributed by atoms with Gasteiger partial charge in [-0.15, -0.1) is 0 Å². The molecule has 9 rings (SSSR count). The summed E-state index contributed by atoms with van der Waals surface area (Å²) >= 11 is 0. The third-order valence-corrected chi connectivity index (χ3v) is 8.93. The van der Waals surface area contributed by atoms with Gasteiger partial charge in [-0.1, -0.05) is 152 Å². The van der Waals surface area contributed by atoms with E-state index in [-0.39, 0.29) is 0 Å². The Balaban J connectivity index is 1.11. The number of furan rings is 1. The molecule has 49 heavy (non-hydrogen) atoms.